The lowest BCUT2D eigenvalue weighted by atomic mass is 9.68. The molecule has 3 N–H and O–H groups in total. The fourth-order valence-corrected chi connectivity index (χ4v) is 3.57. The molecule has 0 heterocycles. The minimum atomic E-state index is -0.0780. The Balaban J connectivity index is 2.14. The Hall–Kier alpha value is -1.35. The van der Waals surface area contributed by atoms with Gasteiger partial charge in [0.2, 0.25) is 5.91 Å². The average molecular weight is 288 g/mol. The molecule has 0 aliphatic heterocycles. The molecule has 3 heteroatoms. The van der Waals surface area contributed by atoms with Gasteiger partial charge in [0, 0.05) is 24.4 Å². The number of rotatable bonds is 5. The van der Waals surface area contributed by atoms with Gasteiger partial charge < -0.3 is 11.1 Å². The maximum atomic E-state index is 12.0. The van der Waals surface area contributed by atoms with Crippen molar-refractivity contribution in [2.75, 3.05) is 6.54 Å². The Labute approximate surface area is 128 Å². The maximum absolute atomic E-state index is 12.0. The van der Waals surface area contributed by atoms with Crippen LogP contribution in [0.2, 0.25) is 0 Å². The summed E-state index contributed by atoms with van der Waals surface area (Å²) >= 11 is 0. The number of benzene rings is 1. The van der Waals surface area contributed by atoms with Gasteiger partial charge in [-0.25, -0.2) is 0 Å². The van der Waals surface area contributed by atoms with Gasteiger partial charge in [-0.1, -0.05) is 43.5 Å². The van der Waals surface area contributed by atoms with Crippen LogP contribution in [0.25, 0.3) is 0 Å². The van der Waals surface area contributed by atoms with Gasteiger partial charge in [0.25, 0.3) is 0 Å². The van der Waals surface area contributed by atoms with E-state index in [0.717, 1.165) is 19.4 Å². The first-order valence-corrected chi connectivity index (χ1v) is 8.12. The minimum absolute atomic E-state index is 0.0727. The van der Waals surface area contributed by atoms with E-state index in [1.54, 1.807) is 0 Å². The third kappa shape index (κ3) is 4.07. The SMILES string of the molecule is Cc1ccccc1C1(CNC(=O)CC(C)N)CCCCC1. The summed E-state index contributed by atoms with van der Waals surface area (Å²) in [6.07, 6.45) is 6.53. The standard InChI is InChI=1S/C18H28N2O/c1-14-8-4-5-9-16(14)18(10-6-3-7-11-18)13-20-17(21)12-15(2)19/h4-5,8-9,15H,3,6-7,10-13,19H2,1-2H3,(H,20,21). The second kappa shape index (κ2) is 7.08. The molecule has 2 rings (SSSR count). The molecule has 0 bridgehead atoms. The van der Waals surface area contributed by atoms with E-state index in [9.17, 15) is 4.79 Å². The molecule has 1 unspecified atom stereocenters. The molecule has 0 saturated heterocycles. The number of hydrogen-bond acceptors (Lipinski definition) is 2. The molecule has 1 aliphatic rings. The van der Waals surface area contributed by atoms with Crippen LogP contribution in [-0.2, 0) is 10.2 Å². The highest BCUT2D eigenvalue weighted by atomic mass is 16.1. The fourth-order valence-electron chi connectivity index (χ4n) is 3.57. The fraction of sp³-hybridized carbons (Fsp3) is 0.611. The third-order valence-corrected chi connectivity index (χ3v) is 4.66. The lowest BCUT2D eigenvalue weighted by Crippen LogP contribution is -2.43. The second-order valence-electron chi connectivity index (χ2n) is 6.61. The molecule has 1 aliphatic carbocycles. The summed E-state index contributed by atoms with van der Waals surface area (Å²) in [7, 11) is 0. The van der Waals surface area contributed by atoms with Crippen LogP contribution in [0.4, 0.5) is 0 Å². The lowest BCUT2D eigenvalue weighted by Gasteiger charge is -2.39. The van der Waals surface area contributed by atoms with Gasteiger partial charge in [0.15, 0.2) is 0 Å². The summed E-state index contributed by atoms with van der Waals surface area (Å²) in [6.45, 7) is 4.79. The van der Waals surface area contributed by atoms with Crippen LogP contribution in [0, 0.1) is 6.92 Å². The number of aryl methyl sites for hydroxylation is 1. The van der Waals surface area contributed by atoms with Crippen molar-refractivity contribution in [1.82, 2.24) is 5.32 Å². The first-order valence-electron chi connectivity index (χ1n) is 8.12. The van der Waals surface area contributed by atoms with Gasteiger partial charge in [0.1, 0.15) is 0 Å². The smallest absolute Gasteiger partial charge is 0.221 e. The molecule has 1 saturated carbocycles. The molecule has 21 heavy (non-hydrogen) atoms. The molecular weight excluding hydrogens is 260 g/mol. The van der Waals surface area contributed by atoms with Crippen molar-refractivity contribution in [2.45, 2.75) is 63.8 Å². The monoisotopic (exact) mass is 288 g/mol. The van der Waals surface area contributed by atoms with Crippen molar-refractivity contribution >= 4 is 5.91 Å². The largest absolute Gasteiger partial charge is 0.355 e. The summed E-state index contributed by atoms with van der Waals surface area (Å²) in [6, 6.07) is 8.53. The highest BCUT2D eigenvalue weighted by Gasteiger charge is 2.35. The lowest BCUT2D eigenvalue weighted by molar-refractivity contribution is -0.121. The Morgan fingerprint density at radius 2 is 1.95 bits per heavy atom. The molecule has 3 nitrogen and oxygen atoms in total. The molecular formula is C18H28N2O. The summed E-state index contributed by atoms with van der Waals surface area (Å²) in [5, 5.41) is 3.13. The van der Waals surface area contributed by atoms with Crippen molar-refractivity contribution in [3.05, 3.63) is 35.4 Å². The number of amides is 1. The number of hydrogen-bond donors (Lipinski definition) is 2. The molecule has 1 aromatic rings. The van der Waals surface area contributed by atoms with Crippen LogP contribution < -0.4 is 11.1 Å². The Morgan fingerprint density at radius 1 is 1.29 bits per heavy atom. The Morgan fingerprint density at radius 3 is 2.57 bits per heavy atom. The number of carbonyl (C=O) groups is 1. The molecule has 1 fully saturated rings. The number of nitrogens with one attached hydrogen (secondary N) is 1. The van der Waals surface area contributed by atoms with E-state index in [2.05, 4.69) is 36.5 Å². The van der Waals surface area contributed by atoms with Crippen molar-refractivity contribution in [3.63, 3.8) is 0 Å². The normalized spacial score (nSPS) is 19.0. The maximum Gasteiger partial charge on any atom is 0.221 e. The van der Waals surface area contributed by atoms with Crippen molar-refractivity contribution < 1.29 is 4.79 Å². The van der Waals surface area contributed by atoms with E-state index in [1.807, 2.05) is 6.92 Å². The zero-order valence-electron chi connectivity index (χ0n) is 13.3. The summed E-state index contributed by atoms with van der Waals surface area (Å²) in [5.41, 5.74) is 8.56. The van der Waals surface area contributed by atoms with Gasteiger partial charge in [-0.2, -0.15) is 0 Å². The number of carbonyl (C=O) groups excluding carboxylic acids is 1. The van der Waals surface area contributed by atoms with Crippen LogP contribution in [0.5, 0.6) is 0 Å². The topological polar surface area (TPSA) is 55.1 Å². The predicted octanol–water partition coefficient (Wildman–Crippen LogP) is 3.05. The first kappa shape index (κ1) is 16.0. The van der Waals surface area contributed by atoms with Crippen LogP contribution in [-0.4, -0.2) is 18.5 Å². The van der Waals surface area contributed by atoms with E-state index in [4.69, 9.17) is 5.73 Å². The Kier molecular flexibility index (Phi) is 5.40. The van der Waals surface area contributed by atoms with Crippen molar-refractivity contribution in [3.8, 4) is 0 Å². The van der Waals surface area contributed by atoms with E-state index < -0.39 is 0 Å². The quantitative estimate of drug-likeness (QED) is 0.875. The van der Waals surface area contributed by atoms with Gasteiger partial charge in [-0.05, 0) is 37.8 Å². The van der Waals surface area contributed by atoms with Crippen LogP contribution in [0.15, 0.2) is 24.3 Å². The zero-order chi connectivity index (χ0) is 15.3. The highest BCUT2D eigenvalue weighted by molar-refractivity contribution is 5.76. The highest BCUT2D eigenvalue weighted by Crippen LogP contribution is 2.40. The molecule has 1 amide bonds. The summed E-state index contributed by atoms with van der Waals surface area (Å²) in [5.74, 6) is 0.0727. The van der Waals surface area contributed by atoms with Crippen molar-refractivity contribution in [2.24, 2.45) is 5.73 Å². The Bertz CT molecular complexity index is 476. The second-order valence-corrected chi connectivity index (χ2v) is 6.61. The van der Waals surface area contributed by atoms with Crippen LogP contribution in [0.1, 0.15) is 56.6 Å². The van der Waals surface area contributed by atoms with Crippen LogP contribution >= 0.6 is 0 Å². The molecule has 1 atom stereocenters. The molecule has 0 radical (unpaired) electrons. The van der Waals surface area contributed by atoms with Gasteiger partial charge in [-0.15, -0.1) is 0 Å². The summed E-state index contributed by atoms with van der Waals surface area (Å²) < 4.78 is 0. The van der Waals surface area contributed by atoms with Gasteiger partial charge in [0.05, 0.1) is 0 Å². The number of nitrogens with two attached hydrogens (primary N) is 1. The minimum Gasteiger partial charge on any atom is -0.355 e. The van der Waals surface area contributed by atoms with Gasteiger partial charge >= 0.3 is 0 Å². The molecule has 0 spiro atoms. The van der Waals surface area contributed by atoms with E-state index in [0.29, 0.717) is 6.42 Å². The van der Waals surface area contributed by atoms with E-state index >= 15 is 0 Å². The van der Waals surface area contributed by atoms with Gasteiger partial charge in [-0.3, -0.25) is 4.79 Å². The van der Waals surface area contributed by atoms with Crippen molar-refractivity contribution in [1.29, 1.82) is 0 Å². The van der Waals surface area contributed by atoms with Crippen LogP contribution in [0.3, 0.4) is 0 Å². The average Bonchev–Trinajstić information content (AvgIpc) is 2.46. The zero-order valence-corrected chi connectivity index (χ0v) is 13.3. The molecule has 116 valence electrons. The first-order chi connectivity index (χ1) is 10.0. The van der Waals surface area contributed by atoms with E-state index in [-0.39, 0.29) is 17.4 Å². The molecule has 0 aromatic heterocycles. The van der Waals surface area contributed by atoms with E-state index in [1.165, 1.54) is 30.4 Å². The predicted molar refractivity (Wildman–Crippen MR) is 87.2 cm³/mol. The molecule has 1 aromatic carbocycles. The third-order valence-electron chi connectivity index (χ3n) is 4.66. The summed E-state index contributed by atoms with van der Waals surface area (Å²) in [4.78, 5) is 12.0.